The van der Waals surface area contributed by atoms with E-state index >= 15 is 0 Å². The van der Waals surface area contributed by atoms with E-state index in [1.54, 1.807) is 0 Å². The lowest BCUT2D eigenvalue weighted by molar-refractivity contribution is -0.127. The molecule has 0 bridgehead atoms. The first kappa shape index (κ1) is 14.6. The number of hydrogen-bond acceptors (Lipinski definition) is 2. The molecule has 3 nitrogen and oxygen atoms in total. The Labute approximate surface area is 127 Å². The van der Waals surface area contributed by atoms with E-state index in [0.717, 1.165) is 38.9 Å². The molecule has 1 aromatic carbocycles. The van der Waals surface area contributed by atoms with Gasteiger partial charge in [0.25, 0.3) is 0 Å². The predicted octanol–water partition coefficient (Wildman–Crippen LogP) is 2.54. The molecule has 0 saturated carbocycles. The van der Waals surface area contributed by atoms with Crippen LogP contribution in [0.15, 0.2) is 24.3 Å². The van der Waals surface area contributed by atoms with Gasteiger partial charge >= 0.3 is 0 Å². The molecule has 1 saturated heterocycles. The van der Waals surface area contributed by atoms with Gasteiger partial charge in [0.15, 0.2) is 0 Å². The van der Waals surface area contributed by atoms with Gasteiger partial charge in [0.05, 0.1) is 0 Å². The highest BCUT2D eigenvalue weighted by molar-refractivity contribution is 5.78. The van der Waals surface area contributed by atoms with Crippen molar-refractivity contribution in [1.29, 1.82) is 0 Å². The van der Waals surface area contributed by atoms with Crippen LogP contribution in [0.3, 0.4) is 0 Å². The quantitative estimate of drug-likeness (QED) is 0.922. The van der Waals surface area contributed by atoms with Crippen molar-refractivity contribution >= 4 is 5.91 Å². The highest BCUT2D eigenvalue weighted by Crippen LogP contribution is 2.20. The fraction of sp³-hybridized carbons (Fsp3) is 0.611. The molecule has 1 fully saturated rings. The van der Waals surface area contributed by atoms with Gasteiger partial charge in [0.2, 0.25) is 5.91 Å². The second-order valence-electron chi connectivity index (χ2n) is 6.35. The molecule has 2 aliphatic rings. The Kier molecular flexibility index (Phi) is 4.91. The number of carbonyl (C=O) groups excluding carboxylic acids is 1. The molecule has 1 N–H and O–H groups in total. The van der Waals surface area contributed by atoms with Crippen molar-refractivity contribution < 1.29 is 4.79 Å². The SMILES string of the molecule is O=C1CCCN1CCNC1CCCCc2ccccc2C1. The molecule has 1 heterocycles. The molecule has 1 aliphatic carbocycles. The number of aryl methyl sites for hydroxylation is 1. The normalized spacial score (nSPS) is 22.8. The zero-order chi connectivity index (χ0) is 14.5. The van der Waals surface area contributed by atoms with Crippen molar-refractivity contribution in [3.63, 3.8) is 0 Å². The highest BCUT2D eigenvalue weighted by Gasteiger charge is 2.20. The van der Waals surface area contributed by atoms with Crippen LogP contribution >= 0.6 is 0 Å². The Morgan fingerprint density at radius 1 is 1.10 bits per heavy atom. The van der Waals surface area contributed by atoms with Crippen molar-refractivity contribution in [2.24, 2.45) is 0 Å². The lowest BCUT2D eigenvalue weighted by Crippen LogP contribution is -2.39. The van der Waals surface area contributed by atoms with Crippen LogP contribution in [0, 0.1) is 0 Å². The van der Waals surface area contributed by atoms with Crippen molar-refractivity contribution in [2.45, 2.75) is 51.0 Å². The van der Waals surface area contributed by atoms with Crippen LogP contribution < -0.4 is 5.32 Å². The molecule has 0 spiro atoms. The van der Waals surface area contributed by atoms with Crippen LogP contribution in [0.1, 0.15) is 43.2 Å². The molecule has 1 aromatic rings. The van der Waals surface area contributed by atoms with E-state index in [1.807, 2.05) is 4.90 Å². The zero-order valence-corrected chi connectivity index (χ0v) is 12.8. The summed E-state index contributed by atoms with van der Waals surface area (Å²) in [5.41, 5.74) is 3.03. The number of fused-ring (bicyclic) bond motifs is 1. The maximum absolute atomic E-state index is 11.6. The van der Waals surface area contributed by atoms with Gasteiger partial charge in [-0.2, -0.15) is 0 Å². The van der Waals surface area contributed by atoms with Gasteiger partial charge in [-0.1, -0.05) is 30.7 Å². The molecular weight excluding hydrogens is 260 g/mol. The van der Waals surface area contributed by atoms with E-state index in [4.69, 9.17) is 0 Å². The minimum absolute atomic E-state index is 0.333. The van der Waals surface area contributed by atoms with E-state index in [-0.39, 0.29) is 0 Å². The molecule has 0 radical (unpaired) electrons. The van der Waals surface area contributed by atoms with Gasteiger partial charge in [-0.25, -0.2) is 0 Å². The van der Waals surface area contributed by atoms with Crippen LogP contribution in [-0.4, -0.2) is 36.5 Å². The van der Waals surface area contributed by atoms with Crippen molar-refractivity contribution in [1.82, 2.24) is 10.2 Å². The summed E-state index contributed by atoms with van der Waals surface area (Å²) in [4.78, 5) is 13.6. The highest BCUT2D eigenvalue weighted by atomic mass is 16.2. The maximum Gasteiger partial charge on any atom is 0.222 e. The number of hydrogen-bond donors (Lipinski definition) is 1. The second kappa shape index (κ2) is 7.08. The van der Waals surface area contributed by atoms with Crippen LogP contribution in [0.4, 0.5) is 0 Å². The summed E-state index contributed by atoms with van der Waals surface area (Å²) in [5.74, 6) is 0.333. The number of benzene rings is 1. The molecule has 0 aromatic heterocycles. The molecule has 21 heavy (non-hydrogen) atoms. The van der Waals surface area contributed by atoms with Crippen molar-refractivity contribution in [3.8, 4) is 0 Å². The standard InChI is InChI=1S/C18H26N2O/c21-18-10-5-12-20(18)13-11-19-17-9-4-3-7-15-6-1-2-8-16(15)14-17/h1-2,6,8,17,19H,3-5,7,9-14H2. The molecular formula is C18H26N2O. The summed E-state index contributed by atoms with van der Waals surface area (Å²) in [6.45, 7) is 2.75. The van der Waals surface area contributed by atoms with Crippen LogP contribution in [0.5, 0.6) is 0 Å². The monoisotopic (exact) mass is 286 g/mol. The molecule has 1 aliphatic heterocycles. The summed E-state index contributed by atoms with van der Waals surface area (Å²) in [6, 6.07) is 9.42. The summed E-state index contributed by atoms with van der Waals surface area (Å²) in [5, 5.41) is 3.68. The minimum atomic E-state index is 0.333. The van der Waals surface area contributed by atoms with Gasteiger partial charge in [0.1, 0.15) is 0 Å². The van der Waals surface area contributed by atoms with Crippen LogP contribution in [-0.2, 0) is 17.6 Å². The van der Waals surface area contributed by atoms with Gasteiger partial charge in [-0.05, 0) is 43.2 Å². The third kappa shape index (κ3) is 3.85. The van der Waals surface area contributed by atoms with E-state index in [0.29, 0.717) is 11.9 Å². The first-order chi connectivity index (χ1) is 10.3. The first-order valence-corrected chi connectivity index (χ1v) is 8.41. The maximum atomic E-state index is 11.6. The second-order valence-corrected chi connectivity index (χ2v) is 6.35. The summed E-state index contributed by atoms with van der Waals surface area (Å²) >= 11 is 0. The topological polar surface area (TPSA) is 32.3 Å². The smallest absolute Gasteiger partial charge is 0.222 e. The lowest BCUT2D eigenvalue weighted by Gasteiger charge is -2.24. The van der Waals surface area contributed by atoms with Gasteiger partial charge in [-0.3, -0.25) is 4.79 Å². The number of likely N-dealkylation sites (tertiary alicyclic amines) is 1. The Balaban J connectivity index is 1.52. The van der Waals surface area contributed by atoms with E-state index in [2.05, 4.69) is 29.6 Å². The molecule has 3 rings (SSSR count). The largest absolute Gasteiger partial charge is 0.341 e. The zero-order valence-electron chi connectivity index (χ0n) is 12.8. The summed E-state index contributed by atoms with van der Waals surface area (Å²) in [6.07, 6.45) is 7.98. The third-order valence-corrected chi connectivity index (χ3v) is 4.82. The average molecular weight is 286 g/mol. The fourth-order valence-corrected chi connectivity index (χ4v) is 3.59. The van der Waals surface area contributed by atoms with Crippen molar-refractivity contribution in [3.05, 3.63) is 35.4 Å². The number of carbonyl (C=O) groups is 1. The number of rotatable bonds is 4. The third-order valence-electron chi connectivity index (χ3n) is 4.82. The Morgan fingerprint density at radius 2 is 1.95 bits per heavy atom. The molecule has 3 heteroatoms. The summed E-state index contributed by atoms with van der Waals surface area (Å²) in [7, 11) is 0. The van der Waals surface area contributed by atoms with Gasteiger partial charge in [0, 0.05) is 32.1 Å². The lowest BCUT2D eigenvalue weighted by atomic mass is 9.90. The Hall–Kier alpha value is -1.35. The molecule has 1 unspecified atom stereocenters. The van der Waals surface area contributed by atoms with E-state index in [9.17, 15) is 4.79 Å². The summed E-state index contributed by atoms with van der Waals surface area (Å²) < 4.78 is 0. The number of amides is 1. The first-order valence-electron chi connectivity index (χ1n) is 8.41. The molecule has 114 valence electrons. The minimum Gasteiger partial charge on any atom is -0.341 e. The predicted molar refractivity (Wildman–Crippen MR) is 85.3 cm³/mol. The number of nitrogens with zero attached hydrogens (tertiary/aromatic N) is 1. The Morgan fingerprint density at radius 3 is 2.76 bits per heavy atom. The van der Waals surface area contributed by atoms with Gasteiger partial charge < -0.3 is 10.2 Å². The van der Waals surface area contributed by atoms with Gasteiger partial charge in [-0.15, -0.1) is 0 Å². The van der Waals surface area contributed by atoms with Crippen LogP contribution in [0.2, 0.25) is 0 Å². The molecule has 1 atom stereocenters. The number of nitrogens with one attached hydrogen (secondary N) is 1. The molecule has 1 amide bonds. The van der Waals surface area contributed by atoms with Crippen LogP contribution in [0.25, 0.3) is 0 Å². The van der Waals surface area contributed by atoms with E-state index < -0.39 is 0 Å². The van der Waals surface area contributed by atoms with E-state index in [1.165, 1.54) is 36.8 Å². The average Bonchev–Trinajstić information content (AvgIpc) is 2.87. The fourth-order valence-electron chi connectivity index (χ4n) is 3.59. The Bertz CT molecular complexity index is 486. The van der Waals surface area contributed by atoms with Crippen molar-refractivity contribution in [2.75, 3.05) is 19.6 Å².